The Bertz CT molecular complexity index is 1820. The van der Waals surface area contributed by atoms with Crippen LogP contribution in [-0.4, -0.2) is 12.7 Å². The molecule has 43 heavy (non-hydrogen) atoms. The van der Waals surface area contributed by atoms with Gasteiger partial charge in [0.25, 0.3) is 0 Å². The van der Waals surface area contributed by atoms with Gasteiger partial charge in [-0.2, -0.15) is 26.3 Å². The number of alkyl halides is 6. The van der Waals surface area contributed by atoms with Gasteiger partial charge in [-0.3, -0.25) is 0 Å². The topological polar surface area (TPSA) is 18.5 Å². The molecule has 0 heterocycles. The van der Waals surface area contributed by atoms with E-state index >= 15 is 8.78 Å². The van der Waals surface area contributed by atoms with E-state index in [0.29, 0.717) is 7.11 Å². The molecule has 4 rings (SSSR count). The molecule has 0 fully saturated rings. The van der Waals surface area contributed by atoms with Crippen LogP contribution in [-0.2, 0) is 12.4 Å². The van der Waals surface area contributed by atoms with Crippen molar-refractivity contribution in [3.63, 3.8) is 0 Å². The Hall–Kier alpha value is -3.98. The second-order valence-electron chi connectivity index (χ2n) is 10.0. The van der Waals surface area contributed by atoms with Crippen LogP contribution >= 0.6 is 0 Å². The zero-order valence-corrected chi connectivity index (χ0v) is 21.8. The molecule has 4 aromatic carbocycles. The Kier molecular flexibility index (Phi) is 7.46. The Morgan fingerprint density at radius 3 is 1.14 bits per heavy atom. The lowest BCUT2D eigenvalue weighted by molar-refractivity contribution is -0.140. The summed E-state index contributed by atoms with van der Waals surface area (Å²) in [5.41, 5.74) is -9.63. The van der Waals surface area contributed by atoms with Gasteiger partial charge in [0.15, 0.2) is 46.5 Å². The Balaban J connectivity index is 2.57. The largest absolute Gasteiger partial charge is 0.495 e. The maximum absolute atomic E-state index is 15.4. The highest BCUT2D eigenvalue weighted by Crippen LogP contribution is 2.55. The van der Waals surface area contributed by atoms with E-state index in [1.807, 2.05) is 0 Å². The highest BCUT2D eigenvalue weighted by Gasteiger charge is 2.44. The minimum absolute atomic E-state index is 0.250. The van der Waals surface area contributed by atoms with Gasteiger partial charge in [0.1, 0.15) is 17.1 Å². The van der Waals surface area contributed by atoms with Crippen molar-refractivity contribution in [2.45, 2.75) is 38.7 Å². The van der Waals surface area contributed by atoms with Crippen molar-refractivity contribution in [1.82, 2.24) is 0 Å². The highest BCUT2D eigenvalue weighted by molar-refractivity contribution is 6.11. The molecule has 0 radical (unpaired) electrons. The van der Waals surface area contributed by atoms with Gasteiger partial charge in [-0.1, -0.05) is 0 Å². The number of fused-ring (bicyclic) bond motifs is 2. The molecule has 232 valence electrons. The third-order valence-electron chi connectivity index (χ3n) is 6.10. The zero-order valence-electron chi connectivity index (χ0n) is 21.8. The van der Waals surface area contributed by atoms with E-state index in [1.165, 1.54) is 0 Å². The number of hydrogen-bond acceptors (Lipinski definition) is 2. The first kappa shape index (κ1) is 31.9. The monoisotopic (exact) mass is 636 g/mol. The van der Waals surface area contributed by atoms with Gasteiger partial charge >= 0.3 is 12.4 Å². The Labute approximate surface area is 231 Å². The number of benzene rings is 4. The number of hydrogen-bond donors (Lipinski definition) is 0. The molecule has 16 heteroatoms. The van der Waals surface area contributed by atoms with E-state index in [2.05, 4.69) is 4.74 Å². The van der Waals surface area contributed by atoms with Crippen LogP contribution in [0.25, 0.3) is 32.7 Å². The molecule has 4 aromatic rings. The Morgan fingerprint density at radius 1 is 0.488 bits per heavy atom. The standard InChI is InChI=1S/C27H14F14O2/c1-25(2,3)43-24-10(27(39,40)41)6-8-12(18(31)22(35)20(33)16(8)29)14(24)13-11-7(15(28)19(32)21(34)17(11)30)5-9(23(13)42-4)26(36,37)38/h5-6H,1-4H3. The van der Waals surface area contributed by atoms with Gasteiger partial charge in [0, 0.05) is 32.7 Å². The zero-order chi connectivity index (χ0) is 32.7. The van der Waals surface area contributed by atoms with Gasteiger partial charge < -0.3 is 9.47 Å². The van der Waals surface area contributed by atoms with E-state index in [9.17, 15) is 52.7 Å². The lowest BCUT2D eigenvalue weighted by Crippen LogP contribution is -2.26. The summed E-state index contributed by atoms with van der Waals surface area (Å²) in [6.07, 6.45) is -11.3. The number of halogens is 14. The number of methoxy groups -OCH3 is 1. The summed E-state index contributed by atoms with van der Waals surface area (Å²) in [6, 6.07) is -0.518. The summed E-state index contributed by atoms with van der Waals surface area (Å²) in [4.78, 5) is 0. The molecule has 0 atom stereocenters. The average molecular weight is 636 g/mol. The smallest absolute Gasteiger partial charge is 0.420 e. The molecule has 0 unspecified atom stereocenters. The first-order valence-electron chi connectivity index (χ1n) is 11.6. The summed E-state index contributed by atoms with van der Waals surface area (Å²) in [5.74, 6) is -24.0. The molecular formula is C27H14F14O2. The average Bonchev–Trinajstić information content (AvgIpc) is 2.88. The van der Waals surface area contributed by atoms with E-state index in [4.69, 9.17) is 4.74 Å². The quantitative estimate of drug-likeness (QED) is 0.127. The van der Waals surface area contributed by atoms with E-state index in [0.717, 1.165) is 20.8 Å². The van der Waals surface area contributed by atoms with Crippen LogP contribution in [0.4, 0.5) is 61.5 Å². The van der Waals surface area contributed by atoms with Crippen molar-refractivity contribution in [2.75, 3.05) is 7.11 Å². The van der Waals surface area contributed by atoms with Crippen LogP contribution < -0.4 is 9.47 Å². The molecule has 0 aliphatic heterocycles. The summed E-state index contributed by atoms with van der Waals surface area (Å²) >= 11 is 0. The van der Waals surface area contributed by atoms with Crippen LogP contribution in [0.5, 0.6) is 11.5 Å². The van der Waals surface area contributed by atoms with Crippen LogP contribution in [0.15, 0.2) is 12.1 Å². The van der Waals surface area contributed by atoms with Crippen molar-refractivity contribution in [2.24, 2.45) is 0 Å². The summed E-state index contributed by atoms with van der Waals surface area (Å²) < 4.78 is 214. The van der Waals surface area contributed by atoms with E-state index < -0.39 is 120 Å². The maximum Gasteiger partial charge on any atom is 0.420 e. The summed E-state index contributed by atoms with van der Waals surface area (Å²) in [6.45, 7) is 3.21. The number of rotatable bonds is 3. The fraction of sp³-hybridized carbons (Fsp3) is 0.259. The van der Waals surface area contributed by atoms with Crippen LogP contribution in [0, 0.1) is 46.5 Å². The lowest BCUT2D eigenvalue weighted by Gasteiger charge is -2.29. The normalized spacial score (nSPS) is 12.9. The second kappa shape index (κ2) is 10.0. The third kappa shape index (κ3) is 5.03. The van der Waals surface area contributed by atoms with Gasteiger partial charge in [-0.25, -0.2) is 35.1 Å². The Morgan fingerprint density at radius 2 is 0.814 bits per heavy atom. The molecule has 0 aliphatic carbocycles. The predicted octanol–water partition coefficient (Wildman–Crippen LogP) is 10.00. The van der Waals surface area contributed by atoms with E-state index in [-0.39, 0.29) is 12.1 Å². The third-order valence-corrected chi connectivity index (χ3v) is 6.10. The molecule has 0 aromatic heterocycles. The van der Waals surface area contributed by atoms with Crippen LogP contribution in [0.1, 0.15) is 31.9 Å². The van der Waals surface area contributed by atoms with Gasteiger partial charge in [-0.05, 0) is 32.9 Å². The molecule has 0 bridgehead atoms. The molecule has 0 N–H and O–H groups in total. The molecule has 0 spiro atoms. The first-order chi connectivity index (χ1) is 19.5. The summed E-state index contributed by atoms with van der Waals surface area (Å²) in [7, 11) is 0.436. The van der Waals surface area contributed by atoms with Gasteiger partial charge in [0.2, 0.25) is 0 Å². The van der Waals surface area contributed by atoms with Crippen LogP contribution in [0.3, 0.4) is 0 Å². The van der Waals surface area contributed by atoms with E-state index in [1.54, 1.807) is 0 Å². The van der Waals surface area contributed by atoms with Crippen molar-refractivity contribution < 1.29 is 70.9 Å². The second-order valence-corrected chi connectivity index (χ2v) is 10.0. The SMILES string of the molecule is COc1c(C(F)(F)F)cc2c(F)c(F)c(F)c(F)c2c1-c1c(OC(C)(C)C)c(C(F)(F)F)cc2c(F)c(F)c(F)c(F)c12. The maximum atomic E-state index is 15.4. The fourth-order valence-corrected chi connectivity index (χ4v) is 4.50. The molecule has 0 amide bonds. The molecule has 0 saturated heterocycles. The highest BCUT2D eigenvalue weighted by atomic mass is 19.4. The van der Waals surface area contributed by atoms with Gasteiger partial charge in [0.05, 0.1) is 18.2 Å². The lowest BCUT2D eigenvalue weighted by atomic mass is 9.87. The van der Waals surface area contributed by atoms with Crippen molar-refractivity contribution in [3.05, 3.63) is 69.8 Å². The van der Waals surface area contributed by atoms with Crippen molar-refractivity contribution in [3.8, 4) is 22.6 Å². The molecule has 0 saturated carbocycles. The molecule has 2 nitrogen and oxygen atoms in total. The van der Waals surface area contributed by atoms with Crippen molar-refractivity contribution >= 4 is 21.5 Å². The van der Waals surface area contributed by atoms with Crippen LogP contribution in [0.2, 0.25) is 0 Å². The van der Waals surface area contributed by atoms with Gasteiger partial charge in [-0.15, -0.1) is 0 Å². The predicted molar refractivity (Wildman–Crippen MR) is 123 cm³/mol. The fourth-order valence-electron chi connectivity index (χ4n) is 4.50. The molecular weight excluding hydrogens is 622 g/mol. The van der Waals surface area contributed by atoms with Crippen molar-refractivity contribution in [1.29, 1.82) is 0 Å². The molecule has 0 aliphatic rings. The minimum atomic E-state index is -5.68. The number of ether oxygens (including phenoxy) is 2. The minimum Gasteiger partial charge on any atom is -0.495 e. The summed E-state index contributed by atoms with van der Waals surface area (Å²) in [5, 5.41) is -7.00. The first-order valence-corrected chi connectivity index (χ1v) is 11.6.